The predicted octanol–water partition coefficient (Wildman–Crippen LogP) is 19.5. The smallest absolute Gasteiger partial charge is 0.494 e. The van der Waals surface area contributed by atoms with Gasteiger partial charge in [0.05, 0.1) is 33.6 Å². The molecule has 5 aliphatic rings. The van der Waals surface area contributed by atoms with Crippen LogP contribution in [0.15, 0.2) is 182 Å². The molecule has 0 amide bonds. The van der Waals surface area contributed by atoms with Crippen LogP contribution in [0.25, 0.3) is 108 Å². The average Bonchev–Trinajstić information content (AvgIpc) is 1.37. The monoisotopic (exact) mass is 1180 g/mol. The van der Waals surface area contributed by atoms with Gasteiger partial charge in [-0.15, -0.1) is 0 Å². The van der Waals surface area contributed by atoms with Crippen molar-refractivity contribution >= 4 is 113 Å². The molecule has 90 heavy (non-hydrogen) atoms. The summed E-state index contributed by atoms with van der Waals surface area (Å²) in [6.45, 7) is 34.2. The van der Waals surface area contributed by atoms with Gasteiger partial charge in [-0.2, -0.15) is 0 Å². The molecule has 450 valence electrons. The van der Waals surface area contributed by atoms with Crippen LogP contribution in [0.5, 0.6) is 5.75 Å². The number of phenolic OH excluding ortho intramolecular Hbond substituents is 1. The highest BCUT2D eigenvalue weighted by Crippen LogP contribution is 2.59. The van der Waals surface area contributed by atoms with Gasteiger partial charge in [-0.05, 0) is 231 Å². The quantitative estimate of drug-likeness (QED) is 0.137. The van der Waals surface area contributed by atoms with Crippen molar-refractivity contribution in [3.05, 3.63) is 204 Å². The molecule has 3 fully saturated rings. The minimum atomic E-state index is -0.476. The predicted molar refractivity (Wildman–Crippen MR) is 378 cm³/mol. The lowest BCUT2D eigenvalue weighted by molar-refractivity contribution is 0.00578. The maximum atomic E-state index is 10.3. The van der Waals surface area contributed by atoms with E-state index in [0.29, 0.717) is 5.75 Å². The summed E-state index contributed by atoms with van der Waals surface area (Å²) in [6.07, 6.45) is 0. The van der Waals surface area contributed by atoms with E-state index in [0.717, 1.165) is 10.8 Å². The van der Waals surface area contributed by atoms with E-state index < -0.39 is 21.1 Å². The molecule has 0 radical (unpaired) electrons. The van der Waals surface area contributed by atoms with Gasteiger partial charge in [0.15, 0.2) is 0 Å². The fourth-order valence-corrected chi connectivity index (χ4v) is 15.5. The molecular formula is C80H79B3O7. The number of benzene rings is 12. The number of phenols is 1. The number of aromatic hydroxyl groups is 1. The van der Waals surface area contributed by atoms with Crippen LogP contribution in [0.3, 0.4) is 0 Å². The van der Waals surface area contributed by atoms with Crippen molar-refractivity contribution < 1.29 is 33.0 Å². The minimum Gasteiger partial charge on any atom is -0.508 e. The normalized spacial score (nSPS) is 19.8. The van der Waals surface area contributed by atoms with Gasteiger partial charge < -0.3 is 33.0 Å². The molecule has 12 aromatic carbocycles. The van der Waals surface area contributed by atoms with E-state index in [1.807, 2.05) is 67.5 Å². The second kappa shape index (κ2) is 19.7. The van der Waals surface area contributed by atoms with Crippen LogP contribution in [0.2, 0.25) is 0 Å². The van der Waals surface area contributed by atoms with Crippen molar-refractivity contribution in [3.63, 3.8) is 0 Å². The van der Waals surface area contributed by atoms with E-state index in [9.17, 15) is 5.11 Å². The number of hydrogen-bond acceptors (Lipinski definition) is 7. The maximum absolute atomic E-state index is 10.3. The molecule has 0 saturated carbocycles. The third-order valence-corrected chi connectivity index (χ3v) is 22.3. The van der Waals surface area contributed by atoms with Gasteiger partial charge in [-0.3, -0.25) is 0 Å². The van der Waals surface area contributed by atoms with Crippen LogP contribution < -0.4 is 5.46 Å². The Labute approximate surface area is 530 Å². The Bertz CT molecular complexity index is 4950. The molecule has 2 aliphatic carbocycles. The highest BCUT2D eigenvalue weighted by atomic mass is 16.7. The highest BCUT2D eigenvalue weighted by molar-refractivity contribution is 7.11. The number of fused-ring (bicyclic) bond motifs is 26. The van der Waals surface area contributed by atoms with Gasteiger partial charge in [0.1, 0.15) is 5.75 Å². The summed E-state index contributed by atoms with van der Waals surface area (Å²) in [5.74, 6) is 0.306. The van der Waals surface area contributed by atoms with E-state index >= 15 is 0 Å². The Morgan fingerprint density at radius 1 is 0.278 bits per heavy atom. The summed E-state index contributed by atoms with van der Waals surface area (Å²) in [7, 11) is -1.35. The second-order valence-electron chi connectivity index (χ2n) is 29.9. The standard InChI is InChI=1S/C37H33BO2.C31H22O.C12H24B2O4/c1-35(2)30-18-12-11-17-28(30)32-26-16-10-9-15-25(26)31-27-20-19-22(38-39-36(3,4)37(5,6)40-38)21-29(27)23-13-7-8-14-24(23)33(31)34(32)35;1-31(2)26-14-8-7-13-24(26)28-22-12-6-5-11-21(22)27-23-16-15-18(32)17-25(23)19-9-3-4-10-20(19)29(27)30(28)31;1-9(2)10(3,4)16-13(15-9)14-17-11(5,6)12(7,8)18-14/h7-21H,1-6H3;3-17,32H,1-2H3;1-8H3. The Morgan fingerprint density at radius 2 is 0.578 bits per heavy atom. The Balaban J connectivity index is 0.000000121. The lowest BCUT2D eigenvalue weighted by atomic mass is 9.49. The first-order valence-electron chi connectivity index (χ1n) is 32.2. The molecule has 7 nitrogen and oxygen atoms in total. The van der Waals surface area contributed by atoms with Crippen LogP contribution in [0.4, 0.5) is 0 Å². The van der Waals surface area contributed by atoms with Crippen molar-refractivity contribution in [3.8, 4) is 28.0 Å². The maximum Gasteiger partial charge on any atom is 0.494 e. The van der Waals surface area contributed by atoms with Gasteiger partial charge in [0.25, 0.3) is 0 Å². The van der Waals surface area contributed by atoms with E-state index in [2.05, 4.69) is 225 Å². The van der Waals surface area contributed by atoms with Crippen molar-refractivity contribution in [2.45, 2.75) is 155 Å². The van der Waals surface area contributed by atoms with Crippen molar-refractivity contribution in [2.24, 2.45) is 0 Å². The summed E-state index contributed by atoms with van der Waals surface area (Å²) in [4.78, 5) is 0. The van der Waals surface area contributed by atoms with Gasteiger partial charge in [-0.1, -0.05) is 198 Å². The molecule has 17 rings (SSSR count). The minimum absolute atomic E-state index is 0.110. The lowest BCUT2D eigenvalue weighted by Crippen LogP contribution is -2.41. The molecule has 0 unspecified atom stereocenters. The molecule has 0 aromatic heterocycles. The summed E-state index contributed by atoms with van der Waals surface area (Å²) in [5, 5.41) is 30.7. The highest BCUT2D eigenvalue weighted by Gasteiger charge is 2.64. The van der Waals surface area contributed by atoms with Gasteiger partial charge in [0, 0.05) is 10.8 Å². The van der Waals surface area contributed by atoms with Crippen molar-refractivity contribution in [2.75, 3.05) is 0 Å². The zero-order valence-corrected chi connectivity index (χ0v) is 54.9. The SMILES string of the molecule is CC1(C)OB(B2OC(C)(C)C(C)(C)O2)OC1(C)C.CC1(C)c2ccccc2-c2c1c1c3ccccc3c3cc(B4OC(C)(C)C(C)(C)O4)ccc3c1c1ccccc21.CC1(C)c2ccccc2-c2c1c1c3ccccc3c3cc(O)ccc3c1c1ccccc21. The summed E-state index contributed by atoms with van der Waals surface area (Å²) in [5.41, 5.74) is 9.76. The molecule has 10 heteroatoms. The lowest BCUT2D eigenvalue weighted by Gasteiger charge is -2.32. The van der Waals surface area contributed by atoms with Gasteiger partial charge in [0.2, 0.25) is 0 Å². The molecule has 3 saturated heterocycles. The topological polar surface area (TPSA) is 75.6 Å². The second-order valence-corrected chi connectivity index (χ2v) is 29.9. The van der Waals surface area contributed by atoms with E-state index in [1.165, 1.54) is 125 Å². The molecule has 0 atom stereocenters. The third-order valence-electron chi connectivity index (χ3n) is 22.3. The number of hydrogen-bond donors (Lipinski definition) is 1. The Kier molecular flexibility index (Phi) is 12.9. The summed E-state index contributed by atoms with van der Waals surface area (Å²) >= 11 is 0. The summed E-state index contributed by atoms with van der Waals surface area (Å²) < 4.78 is 36.8. The first-order chi connectivity index (χ1) is 42.6. The first kappa shape index (κ1) is 58.8. The summed E-state index contributed by atoms with van der Waals surface area (Å²) in [6, 6.07) is 65.9. The van der Waals surface area contributed by atoms with E-state index in [-0.39, 0.29) is 44.4 Å². The first-order valence-corrected chi connectivity index (χ1v) is 32.2. The third kappa shape index (κ3) is 8.44. The zero-order valence-electron chi connectivity index (χ0n) is 54.9. The molecule has 1 N–H and O–H groups in total. The van der Waals surface area contributed by atoms with E-state index in [1.54, 1.807) is 0 Å². The fraction of sp³-hybridized carbons (Fsp3) is 0.300. The van der Waals surface area contributed by atoms with Gasteiger partial charge in [-0.25, -0.2) is 0 Å². The largest absolute Gasteiger partial charge is 0.508 e. The van der Waals surface area contributed by atoms with Crippen LogP contribution in [-0.2, 0) is 38.8 Å². The van der Waals surface area contributed by atoms with E-state index in [4.69, 9.17) is 27.9 Å². The Morgan fingerprint density at radius 3 is 0.978 bits per heavy atom. The fourth-order valence-electron chi connectivity index (χ4n) is 15.5. The van der Waals surface area contributed by atoms with Crippen LogP contribution in [-0.4, -0.2) is 59.8 Å². The Hall–Kier alpha value is -7.53. The zero-order chi connectivity index (χ0) is 63.2. The van der Waals surface area contributed by atoms with Crippen molar-refractivity contribution in [1.82, 2.24) is 0 Å². The van der Waals surface area contributed by atoms with Crippen LogP contribution in [0.1, 0.15) is 133 Å². The molecular weight excluding hydrogens is 1110 g/mol. The molecule has 12 aromatic rings. The molecule has 0 spiro atoms. The molecule has 3 heterocycles. The molecule has 3 aliphatic heterocycles. The average molecular weight is 1180 g/mol. The number of rotatable bonds is 2. The van der Waals surface area contributed by atoms with Crippen molar-refractivity contribution in [1.29, 1.82) is 0 Å². The van der Waals surface area contributed by atoms with Crippen LogP contribution >= 0.6 is 0 Å². The molecule has 0 bridgehead atoms. The van der Waals surface area contributed by atoms with Gasteiger partial charge >= 0.3 is 21.1 Å². The van der Waals surface area contributed by atoms with Crippen LogP contribution in [0, 0.1) is 0 Å².